The molecule has 0 atom stereocenters. The van der Waals surface area contributed by atoms with Crippen molar-refractivity contribution in [1.82, 2.24) is 15.0 Å². The molecule has 1 fully saturated rings. The van der Waals surface area contributed by atoms with Gasteiger partial charge in [-0.2, -0.15) is 0 Å². The van der Waals surface area contributed by atoms with Crippen LogP contribution in [0.2, 0.25) is 0 Å². The second kappa shape index (κ2) is 6.83. The predicted octanol–water partition coefficient (Wildman–Crippen LogP) is 4.99. The third kappa shape index (κ3) is 2.88. The fourth-order valence-electron chi connectivity index (χ4n) is 3.57. The molecular formula is C21H16FN3O2S. The molecule has 5 nitrogen and oxygen atoms in total. The Kier molecular flexibility index (Phi) is 4.16. The average molecular weight is 393 g/mol. The molecule has 0 unspecified atom stereocenters. The molecule has 3 aromatic heterocycles. The zero-order valence-electron chi connectivity index (χ0n) is 14.9. The fourth-order valence-corrected chi connectivity index (χ4v) is 4.25. The number of likely N-dealkylation sites (tertiary alicyclic amines) is 1. The van der Waals surface area contributed by atoms with E-state index in [1.807, 2.05) is 28.5 Å². The quantitative estimate of drug-likeness (QED) is 0.492. The van der Waals surface area contributed by atoms with Crippen LogP contribution in [0.1, 0.15) is 23.2 Å². The maximum absolute atomic E-state index is 13.3. The van der Waals surface area contributed by atoms with Gasteiger partial charge in [-0.1, -0.05) is 11.2 Å². The summed E-state index contributed by atoms with van der Waals surface area (Å²) in [5.74, 6) is -0.378. The zero-order valence-corrected chi connectivity index (χ0v) is 15.7. The lowest BCUT2D eigenvalue weighted by molar-refractivity contribution is 0.0794. The van der Waals surface area contributed by atoms with E-state index in [4.69, 9.17) is 4.52 Å². The first kappa shape index (κ1) is 17.1. The van der Waals surface area contributed by atoms with Crippen LogP contribution in [0.4, 0.5) is 4.39 Å². The topological polar surface area (TPSA) is 59.2 Å². The first-order valence-corrected chi connectivity index (χ1v) is 9.98. The lowest BCUT2D eigenvalue weighted by Gasteiger charge is -2.16. The Labute approximate surface area is 164 Å². The number of hydrogen-bond donors (Lipinski definition) is 0. The van der Waals surface area contributed by atoms with Gasteiger partial charge < -0.3 is 9.42 Å². The Bertz CT molecular complexity index is 1150. The van der Waals surface area contributed by atoms with Gasteiger partial charge in [-0.25, -0.2) is 9.37 Å². The van der Waals surface area contributed by atoms with Crippen molar-refractivity contribution in [3.63, 3.8) is 0 Å². The molecule has 7 heteroatoms. The number of aromatic nitrogens is 2. The van der Waals surface area contributed by atoms with Crippen molar-refractivity contribution in [1.29, 1.82) is 0 Å². The molecule has 1 aliphatic heterocycles. The van der Waals surface area contributed by atoms with Crippen LogP contribution in [0, 0.1) is 5.82 Å². The Morgan fingerprint density at radius 3 is 2.64 bits per heavy atom. The number of nitrogens with zero attached hydrogens (tertiary/aromatic N) is 3. The summed E-state index contributed by atoms with van der Waals surface area (Å²) in [5, 5.41) is 6.70. The van der Waals surface area contributed by atoms with Crippen LogP contribution < -0.4 is 0 Å². The van der Waals surface area contributed by atoms with Gasteiger partial charge in [0.25, 0.3) is 11.6 Å². The molecule has 1 saturated heterocycles. The minimum atomic E-state index is -0.331. The number of pyridine rings is 1. The predicted molar refractivity (Wildman–Crippen MR) is 106 cm³/mol. The number of carbonyl (C=O) groups is 1. The van der Waals surface area contributed by atoms with Crippen molar-refractivity contribution in [2.75, 3.05) is 13.1 Å². The minimum Gasteiger partial charge on any atom is -0.339 e. The van der Waals surface area contributed by atoms with E-state index in [0.717, 1.165) is 30.8 Å². The first-order chi connectivity index (χ1) is 13.7. The van der Waals surface area contributed by atoms with E-state index in [1.165, 1.54) is 12.1 Å². The number of carbonyl (C=O) groups excluding carboxylic acids is 1. The lowest BCUT2D eigenvalue weighted by Crippen LogP contribution is -2.27. The molecular weight excluding hydrogens is 377 g/mol. The van der Waals surface area contributed by atoms with Gasteiger partial charge in [0.05, 0.1) is 21.5 Å². The van der Waals surface area contributed by atoms with E-state index < -0.39 is 0 Å². The molecule has 5 rings (SSSR count). The molecule has 4 aromatic rings. The lowest BCUT2D eigenvalue weighted by atomic mass is 10.0. The molecule has 0 bridgehead atoms. The van der Waals surface area contributed by atoms with Gasteiger partial charge in [0.2, 0.25) is 0 Å². The third-order valence-electron chi connectivity index (χ3n) is 4.96. The number of hydrogen-bond acceptors (Lipinski definition) is 5. The maximum Gasteiger partial charge on any atom is 0.259 e. The van der Waals surface area contributed by atoms with Crippen LogP contribution in [0.5, 0.6) is 0 Å². The van der Waals surface area contributed by atoms with Gasteiger partial charge in [0, 0.05) is 18.7 Å². The van der Waals surface area contributed by atoms with E-state index in [0.29, 0.717) is 33.6 Å². The number of thiophene rings is 1. The van der Waals surface area contributed by atoms with Crippen LogP contribution in [0.25, 0.3) is 32.9 Å². The SMILES string of the molecule is O=C(c1cc(-c2cccs2)nc2onc(-c3ccc(F)cc3)c12)N1CCCC1. The fraction of sp³-hybridized carbons (Fsp3) is 0.190. The second-order valence-corrected chi connectivity index (χ2v) is 7.70. The van der Waals surface area contributed by atoms with E-state index in [2.05, 4.69) is 10.1 Å². The molecule has 0 saturated carbocycles. The van der Waals surface area contributed by atoms with Gasteiger partial charge >= 0.3 is 0 Å². The first-order valence-electron chi connectivity index (χ1n) is 9.10. The van der Waals surface area contributed by atoms with Gasteiger partial charge in [-0.05, 0) is 54.6 Å². The van der Waals surface area contributed by atoms with Gasteiger partial charge in [-0.3, -0.25) is 4.79 Å². The molecule has 4 heterocycles. The van der Waals surface area contributed by atoms with Crippen LogP contribution >= 0.6 is 11.3 Å². The van der Waals surface area contributed by atoms with E-state index in [1.54, 1.807) is 23.5 Å². The Morgan fingerprint density at radius 2 is 1.93 bits per heavy atom. The summed E-state index contributed by atoms with van der Waals surface area (Å²) in [4.78, 5) is 20.7. The number of rotatable bonds is 3. The monoisotopic (exact) mass is 393 g/mol. The normalized spacial score (nSPS) is 14.1. The molecule has 0 N–H and O–H groups in total. The number of amides is 1. The molecule has 0 aliphatic carbocycles. The van der Waals surface area contributed by atoms with Crippen LogP contribution in [-0.2, 0) is 0 Å². The number of fused-ring (bicyclic) bond motifs is 1. The molecule has 1 aliphatic rings. The van der Waals surface area contributed by atoms with Gasteiger partial charge in [0.15, 0.2) is 0 Å². The van der Waals surface area contributed by atoms with Crippen molar-refractivity contribution in [3.8, 4) is 21.8 Å². The largest absolute Gasteiger partial charge is 0.339 e. The molecule has 28 heavy (non-hydrogen) atoms. The summed E-state index contributed by atoms with van der Waals surface area (Å²) >= 11 is 1.55. The minimum absolute atomic E-state index is 0.0470. The van der Waals surface area contributed by atoms with Gasteiger partial charge in [-0.15, -0.1) is 11.3 Å². The highest BCUT2D eigenvalue weighted by Gasteiger charge is 2.26. The summed E-state index contributed by atoms with van der Waals surface area (Å²) in [6, 6.07) is 11.7. The van der Waals surface area contributed by atoms with Crippen LogP contribution in [-0.4, -0.2) is 34.0 Å². The average Bonchev–Trinajstić information content (AvgIpc) is 3.48. The van der Waals surface area contributed by atoms with E-state index in [-0.39, 0.29) is 11.7 Å². The van der Waals surface area contributed by atoms with Crippen molar-refractivity contribution >= 4 is 28.3 Å². The standard InChI is InChI=1S/C21H16FN3O2S/c22-14-7-5-13(6-8-14)19-18-15(21(26)25-9-1-2-10-25)12-16(17-4-3-11-28-17)23-20(18)27-24-19/h3-8,11-12H,1-2,9-10H2. The van der Waals surface area contributed by atoms with Crippen LogP contribution in [0.3, 0.4) is 0 Å². The molecule has 0 radical (unpaired) electrons. The third-order valence-corrected chi connectivity index (χ3v) is 5.85. The van der Waals surface area contributed by atoms with Crippen molar-refractivity contribution in [2.45, 2.75) is 12.8 Å². The molecule has 1 amide bonds. The van der Waals surface area contributed by atoms with Crippen molar-refractivity contribution in [3.05, 3.63) is 59.2 Å². The highest BCUT2D eigenvalue weighted by Crippen LogP contribution is 2.34. The number of benzene rings is 1. The Hall–Kier alpha value is -3.06. The Balaban J connectivity index is 1.73. The van der Waals surface area contributed by atoms with E-state index in [9.17, 15) is 9.18 Å². The second-order valence-electron chi connectivity index (χ2n) is 6.75. The summed E-state index contributed by atoms with van der Waals surface area (Å²) in [6.07, 6.45) is 2.01. The summed E-state index contributed by atoms with van der Waals surface area (Å²) in [5.41, 5.74) is 2.71. The van der Waals surface area contributed by atoms with Crippen LogP contribution in [0.15, 0.2) is 52.4 Å². The van der Waals surface area contributed by atoms with E-state index >= 15 is 0 Å². The van der Waals surface area contributed by atoms with Gasteiger partial charge in [0.1, 0.15) is 11.5 Å². The summed E-state index contributed by atoms with van der Waals surface area (Å²) < 4.78 is 18.9. The Morgan fingerprint density at radius 1 is 1.14 bits per heavy atom. The highest BCUT2D eigenvalue weighted by atomic mass is 32.1. The summed E-state index contributed by atoms with van der Waals surface area (Å²) in [7, 11) is 0. The van der Waals surface area contributed by atoms with Crippen molar-refractivity contribution < 1.29 is 13.7 Å². The maximum atomic E-state index is 13.3. The smallest absolute Gasteiger partial charge is 0.259 e. The molecule has 1 aromatic carbocycles. The highest BCUT2D eigenvalue weighted by molar-refractivity contribution is 7.13. The van der Waals surface area contributed by atoms with Crippen molar-refractivity contribution in [2.24, 2.45) is 0 Å². The zero-order chi connectivity index (χ0) is 19.1. The molecule has 0 spiro atoms. The number of halogens is 1. The summed E-state index contributed by atoms with van der Waals surface area (Å²) in [6.45, 7) is 1.49. The molecule has 140 valence electrons.